The highest BCUT2D eigenvalue weighted by molar-refractivity contribution is 6.12. The molecule has 0 spiro atoms. The fourth-order valence-corrected chi connectivity index (χ4v) is 3.59. The van der Waals surface area contributed by atoms with Gasteiger partial charge >= 0.3 is 0 Å². The first-order valence-corrected chi connectivity index (χ1v) is 10.5. The van der Waals surface area contributed by atoms with Gasteiger partial charge < -0.3 is 5.11 Å². The van der Waals surface area contributed by atoms with E-state index in [1.807, 2.05) is 13.0 Å². The number of benzene rings is 1. The zero-order chi connectivity index (χ0) is 23.5. The number of pyridine rings is 3. The van der Waals surface area contributed by atoms with E-state index >= 15 is 0 Å². The molecule has 1 atom stereocenters. The molecular weight excluding hydrogens is 414 g/mol. The van der Waals surface area contributed by atoms with Crippen molar-refractivity contribution in [1.82, 2.24) is 15.0 Å². The lowest BCUT2D eigenvalue weighted by Gasteiger charge is -2.14. The quantitative estimate of drug-likeness (QED) is 0.451. The standard InChI is InChI=1S/C27H23N3O3/c1-16-7-4-10-22(28-16)25(31)19-13-20(26(32)23-11-5-8-17(2)29-23)15-21(14-19)27(33)24-12-6-9-18(3)30-24/h4-15,25,31H,1-3H3. The van der Waals surface area contributed by atoms with E-state index in [1.165, 1.54) is 6.07 Å². The second-order valence-electron chi connectivity index (χ2n) is 7.94. The Hall–Kier alpha value is -4.03. The third kappa shape index (κ3) is 4.91. The lowest BCUT2D eigenvalue weighted by molar-refractivity contribution is 0.103. The highest BCUT2D eigenvalue weighted by Crippen LogP contribution is 2.25. The molecule has 3 heterocycles. The van der Waals surface area contributed by atoms with E-state index in [0.29, 0.717) is 22.6 Å². The Bertz CT molecular complexity index is 1290. The number of nitrogens with zero attached hydrogens (tertiary/aromatic N) is 3. The predicted molar refractivity (Wildman–Crippen MR) is 124 cm³/mol. The molecule has 164 valence electrons. The minimum Gasteiger partial charge on any atom is -0.382 e. The largest absolute Gasteiger partial charge is 0.382 e. The van der Waals surface area contributed by atoms with Gasteiger partial charge in [0.05, 0.1) is 5.69 Å². The molecule has 0 aliphatic rings. The molecule has 0 fully saturated rings. The molecule has 0 amide bonds. The van der Waals surface area contributed by atoms with Gasteiger partial charge in [0.2, 0.25) is 11.6 Å². The van der Waals surface area contributed by atoms with E-state index in [1.54, 1.807) is 74.5 Å². The number of aliphatic hydroxyl groups is 1. The average Bonchev–Trinajstić information content (AvgIpc) is 2.82. The van der Waals surface area contributed by atoms with Crippen LogP contribution in [-0.2, 0) is 0 Å². The zero-order valence-corrected chi connectivity index (χ0v) is 18.6. The van der Waals surface area contributed by atoms with Gasteiger partial charge in [-0.15, -0.1) is 0 Å². The SMILES string of the molecule is Cc1cccc(C(=O)c2cc(C(=O)c3cccc(C)n3)cc(C(O)c3cccc(C)n3)c2)n1. The maximum atomic E-state index is 13.2. The highest BCUT2D eigenvalue weighted by Gasteiger charge is 2.21. The van der Waals surface area contributed by atoms with Crippen LogP contribution in [0.3, 0.4) is 0 Å². The molecule has 0 saturated carbocycles. The monoisotopic (exact) mass is 437 g/mol. The summed E-state index contributed by atoms with van der Waals surface area (Å²) in [7, 11) is 0. The molecule has 0 saturated heterocycles. The molecule has 4 rings (SSSR count). The molecule has 1 aromatic carbocycles. The summed E-state index contributed by atoms with van der Waals surface area (Å²) in [5.41, 5.74) is 4.04. The molecule has 3 aromatic heterocycles. The number of aromatic nitrogens is 3. The van der Waals surface area contributed by atoms with Crippen LogP contribution in [0.2, 0.25) is 0 Å². The number of rotatable bonds is 6. The van der Waals surface area contributed by atoms with E-state index in [0.717, 1.165) is 5.69 Å². The second-order valence-corrected chi connectivity index (χ2v) is 7.94. The van der Waals surface area contributed by atoms with Crippen molar-refractivity contribution in [3.63, 3.8) is 0 Å². The molecule has 6 nitrogen and oxygen atoms in total. The third-order valence-corrected chi connectivity index (χ3v) is 5.23. The van der Waals surface area contributed by atoms with Gasteiger partial charge in [0, 0.05) is 28.2 Å². The van der Waals surface area contributed by atoms with Crippen molar-refractivity contribution in [3.8, 4) is 0 Å². The first-order chi connectivity index (χ1) is 15.8. The van der Waals surface area contributed by atoms with E-state index in [4.69, 9.17) is 0 Å². The average molecular weight is 437 g/mol. The van der Waals surface area contributed by atoms with Crippen LogP contribution in [-0.4, -0.2) is 31.6 Å². The predicted octanol–water partition coefficient (Wildman–Crippen LogP) is 4.34. The summed E-state index contributed by atoms with van der Waals surface area (Å²) in [5, 5.41) is 11.0. The lowest BCUT2D eigenvalue weighted by atomic mass is 9.94. The van der Waals surface area contributed by atoms with Crippen molar-refractivity contribution < 1.29 is 14.7 Å². The van der Waals surface area contributed by atoms with Gasteiger partial charge in [0.15, 0.2) is 0 Å². The van der Waals surface area contributed by atoms with Crippen molar-refractivity contribution in [1.29, 1.82) is 0 Å². The third-order valence-electron chi connectivity index (χ3n) is 5.23. The Labute approximate surface area is 192 Å². The van der Waals surface area contributed by atoms with Crippen LogP contribution in [0.15, 0.2) is 72.8 Å². The number of carbonyl (C=O) groups excluding carboxylic acids is 2. The molecule has 4 aromatic rings. The van der Waals surface area contributed by atoms with Gasteiger partial charge in [0.25, 0.3) is 0 Å². The van der Waals surface area contributed by atoms with Gasteiger partial charge in [-0.25, -0.2) is 9.97 Å². The van der Waals surface area contributed by atoms with Crippen LogP contribution >= 0.6 is 0 Å². The number of hydrogen-bond donors (Lipinski definition) is 1. The summed E-state index contributed by atoms with van der Waals surface area (Å²) < 4.78 is 0. The number of carbonyl (C=O) groups is 2. The van der Waals surface area contributed by atoms with E-state index < -0.39 is 6.10 Å². The summed E-state index contributed by atoms with van der Waals surface area (Å²) in [6.07, 6.45) is -1.11. The van der Waals surface area contributed by atoms with Crippen molar-refractivity contribution in [3.05, 3.63) is 124 Å². The Morgan fingerprint density at radius 3 is 1.58 bits per heavy atom. The molecule has 1 unspecified atom stereocenters. The summed E-state index contributed by atoms with van der Waals surface area (Å²) in [6.45, 7) is 5.44. The molecule has 0 bridgehead atoms. The molecule has 1 N–H and O–H groups in total. The first-order valence-electron chi connectivity index (χ1n) is 10.5. The summed E-state index contributed by atoms with van der Waals surface area (Å²) in [5.74, 6) is -0.674. The molecule has 0 radical (unpaired) electrons. The van der Waals surface area contributed by atoms with Crippen LogP contribution in [0.5, 0.6) is 0 Å². The van der Waals surface area contributed by atoms with Crippen LogP contribution in [0.25, 0.3) is 0 Å². The minimum atomic E-state index is -1.11. The molecule has 0 aliphatic carbocycles. The van der Waals surface area contributed by atoms with E-state index in [2.05, 4.69) is 15.0 Å². The van der Waals surface area contributed by atoms with Crippen LogP contribution in [0.1, 0.15) is 66.5 Å². The van der Waals surface area contributed by atoms with E-state index in [-0.39, 0.29) is 34.1 Å². The summed E-state index contributed by atoms with van der Waals surface area (Å²) in [6, 6.07) is 20.4. The van der Waals surface area contributed by atoms with Crippen molar-refractivity contribution in [2.45, 2.75) is 26.9 Å². The smallest absolute Gasteiger partial charge is 0.211 e. The molecule has 0 aliphatic heterocycles. The van der Waals surface area contributed by atoms with Crippen molar-refractivity contribution in [2.75, 3.05) is 0 Å². The molecule has 33 heavy (non-hydrogen) atoms. The normalized spacial score (nSPS) is 11.8. The van der Waals surface area contributed by atoms with Crippen LogP contribution < -0.4 is 0 Å². The van der Waals surface area contributed by atoms with Gasteiger partial charge in [-0.3, -0.25) is 14.6 Å². The van der Waals surface area contributed by atoms with Gasteiger partial charge in [-0.2, -0.15) is 0 Å². The fourth-order valence-electron chi connectivity index (χ4n) is 3.59. The maximum absolute atomic E-state index is 13.2. The Morgan fingerprint density at radius 2 is 1.12 bits per heavy atom. The highest BCUT2D eigenvalue weighted by atomic mass is 16.3. The summed E-state index contributed by atoms with van der Waals surface area (Å²) in [4.78, 5) is 39.5. The minimum absolute atomic E-state index is 0.258. The Balaban J connectivity index is 1.84. The first kappa shape index (κ1) is 22.2. The lowest BCUT2D eigenvalue weighted by Crippen LogP contribution is -2.12. The van der Waals surface area contributed by atoms with Gasteiger partial charge in [-0.05, 0) is 80.9 Å². The number of aryl methyl sites for hydroxylation is 3. The molecular formula is C27H23N3O3. The van der Waals surface area contributed by atoms with E-state index in [9.17, 15) is 14.7 Å². The molecule has 6 heteroatoms. The van der Waals surface area contributed by atoms with Gasteiger partial charge in [-0.1, -0.05) is 18.2 Å². The van der Waals surface area contributed by atoms with Crippen LogP contribution in [0.4, 0.5) is 0 Å². The van der Waals surface area contributed by atoms with Crippen molar-refractivity contribution in [2.24, 2.45) is 0 Å². The topological polar surface area (TPSA) is 93.0 Å². The number of hydrogen-bond acceptors (Lipinski definition) is 6. The number of aliphatic hydroxyl groups excluding tert-OH is 1. The summed E-state index contributed by atoms with van der Waals surface area (Å²) >= 11 is 0. The maximum Gasteiger partial charge on any atom is 0.211 e. The second kappa shape index (κ2) is 9.22. The fraction of sp³-hybridized carbons (Fsp3) is 0.148. The Kier molecular flexibility index (Phi) is 6.20. The van der Waals surface area contributed by atoms with Crippen LogP contribution in [0, 0.1) is 20.8 Å². The van der Waals surface area contributed by atoms with Crippen molar-refractivity contribution >= 4 is 11.6 Å². The Morgan fingerprint density at radius 1 is 0.667 bits per heavy atom. The zero-order valence-electron chi connectivity index (χ0n) is 18.6. The number of ketones is 2. The van der Waals surface area contributed by atoms with Gasteiger partial charge in [0.1, 0.15) is 17.5 Å².